The summed E-state index contributed by atoms with van der Waals surface area (Å²) in [5.74, 6) is -0.736. The zero-order valence-corrected chi connectivity index (χ0v) is 15.5. The minimum Gasteiger partial charge on any atom is -0.474 e. The van der Waals surface area contributed by atoms with Crippen molar-refractivity contribution in [1.82, 2.24) is 15.2 Å². The van der Waals surface area contributed by atoms with Crippen LogP contribution in [0.4, 0.5) is 31.1 Å². The number of nitrogens with one attached hydrogen (secondary N) is 1. The van der Waals surface area contributed by atoms with Gasteiger partial charge in [0.2, 0.25) is 5.88 Å². The SMILES string of the molecule is CC(C)(C)NC(=O)N1CCC(Oc2cc(C(F)(F)F)cc(C(F)(F)F)n2)CC1. The van der Waals surface area contributed by atoms with Crippen LogP contribution in [0.1, 0.15) is 44.9 Å². The zero-order valence-electron chi connectivity index (χ0n) is 15.5. The molecule has 5 nitrogen and oxygen atoms in total. The fourth-order valence-electron chi connectivity index (χ4n) is 2.62. The maximum Gasteiger partial charge on any atom is 0.433 e. The molecule has 0 aromatic carbocycles. The number of nitrogens with zero attached hydrogens (tertiary/aromatic N) is 2. The third kappa shape index (κ3) is 6.16. The number of halogens is 6. The van der Waals surface area contributed by atoms with Crippen molar-refractivity contribution in [3.8, 4) is 5.88 Å². The molecule has 158 valence electrons. The topological polar surface area (TPSA) is 54.5 Å². The summed E-state index contributed by atoms with van der Waals surface area (Å²) >= 11 is 0. The molecule has 0 bridgehead atoms. The first-order valence-electron chi connectivity index (χ1n) is 8.55. The highest BCUT2D eigenvalue weighted by atomic mass is 19.4. The molecule has 2 rings (SSSR count). The van der Waals surface area contributed by atoms with Gasteiger partial charge in [0.25, 0.3) is 0 Å². The minimum absolute atomic E-state index is 0.0493. The van der Waals surface area contributed by atoms with E-state index in [0.717, 1.165) is 0 Å². The van der Waals surface area contributed by atoms with E-state index in [1.54, 1.807) is 0 Å². The van der Waals surface area contributed by atoms with Gasteiger partial charge in [-0.25, -0.2) is 9.78 Å². The lowest BCUT2D eigenvalue weighted by Crippen LogP contribution is -2.51. The van der Waals surface area contributed by atoms with Gasteiger partial charge in [0.05, 0.1) is 5.56 Å². The first-order chi connectivity index (χ1) is 12.6. The number of likely N-dealkylation sites (tertiary alicyclic amines) is 1. The van der Waals surface area contributed by atoms with Gasteiger partial charge < -0.3 is 15.0 Å². The lowest BCUT2D eigenvalue weighted by atomic mass is 10.1. The van der Waals surface area contributed by atoms with Crippen LogP contribution in [-0.4, -0.2) is 40.6 Å². The van der Waals surface area contributed by atoms with E-state index in [9.17, 15) is 31.1 Å². The Balaban J connectivity index is 2.07. The number of pyridine rings is 1. The molecule has 0 saturated carbocycles. The van der Waals surface area contributed by atoms with Crippen LogP contribution < -0.4 is 10.1 Å². The molecule has 1 N–H and O–H groups in total. The van der Waals surface area contributed by atoms with E-state index in [0.29, 0.717) is 6.07 Å². The fourth-order valence-corrected chi connectivity index (χ4v) is 2.62. The number of hydrogen-bond donors (Lipinski definition) is 1. The van der Waals surface area contributed by atoms with Crippen molar-refractivity contribution in [1.29, 1.82) is 0 Å². The third-order valence-corrected chi connectivity index (χ3v) is 3.92. The average molecular weight is 413 g/mol. The molecule has 1 aromatic heterocycles. The number of carbonyl (C=O) groups excluding carboxylic acids is 1. The van der Waals surface area contributed by atoms with Gasteiger partial charge in [0.1, 0.15) is 11.8 Å². The molecule has 1 fully saturated rings. The quantitative estimate of drug-likeness (QED) is 0.728. The van der Waals surface area contributed by atoms with Gasteiger partial charge in [-0.1, -0.05) is 0 Å². The molecule has 1 aromatic rings. The van der Waals surface area contributed by atoms with Crippen molar-refractivity contribution in [3.63, 3.8) is 0 Å². The summed E-state index contributed by atoms with van der Waals surface area (Å²) in [4.78, 5) is 16.8. The zero-order chi connectivity index (χ0) is 21.3. The predicted molar refractivity (Wildman–Crippen MR) is 87.7 cm³/mol. The van der Waals surface area contributed by atoms with Gasteiger partial charge in [0, 0.05) is 37.5 Å². The Morgan fingerprint density at radius 1 is 1.07 bits per heavy atom. The highest BCUT2D eigenvalue weighted by molar-refractivity contribution is 5.75. The molecule has 1 aliphatic heterocycles. The van der Waals surface area contributed by atoms with E-state index in [4.69, 9.17) is 4.74 Å². The Bertz CT molecular complexity index is 672. The van der Waals surface area contributed by atoms with Crippen molar-refractivity contribution < 1.29 is 35.9 Å². The lowest BCUT2D eigenvalue weighted by molar-refractivity contribution is -0.146. The van der Waals surface area contributed by atoms with E-state index in [1.165, 1.54) is 4.90 Å². The maximum absolute atomic E-state index is 12.9. The van der Waals surface area contributed by atoms with E-state index in [1.807, 2.05) is 20.8 Å². The van der Waals surface area contributed by atoms with Gasteiger partial charge in [-0.05, 0) is 26.8 Å². The van der Waals surface area contributed by atoms with Crippen molar-refractivity contribution in [2.45, 2.75) is 57.6 Å². The number of rotatable bonds is 2. The van der Waals surface area contributed by atoms with Gasteiger partial charge in [-0.15, -0.1) is 0 Å². The van der Waals surface area contributed by atoms with Crippen molar-refractivity contribution in [2.75, 3.05) is 13.1 Å². The van der Waals surface area contributed by atoms with Crippen LogP contribution in [-0.2, 0) is 12.4 Å². The van der Waals surface area contributed by atoms with Gasteiger partial charge >= 0.3 is 18.4 Å². The third-order valence-electron chi connectivity index (χ3n) is 3.92. The highest BCUT2D eigenvalue weighted by Gasteiger charge is 2.39. The number of piperidine rings is 1. The number of alkyl halides is 6. The number of aromatic nitrogens is 1. The molecule has 0 radical (unpaired) electrons. The molecule has 11 heteroatoms. The summed E-state index contributed by atoms with van der Waals surface area (Å²) in [7, 11) is 0. The van der Waals surface area contributed by atoms with Gasteiger partial charge in [-0.3, -0.25) is 0 Å². The molecular formula is C17H21F6N3O2. The first-order valence-corrected chi connectivity index (χ1v) is 8.55. The van der Waals surface area contributed by atoms with Gasteiger partial charge in [-0.2, -0.15) is 26.3 Å². The molecular weight excluding hydrogens is 392 g/mol. The second-order valence-corrected chi connectivity index (χ2v) is 7.56. The second kappa shape index (κ2) is 7.67. The van der Waals surface area contributed by atoms with E-state index >= 15 is 0 Å². The van der Waals surface area contributed by atoms with Crippen LogP contribution in [0.3, 0.4) is 0 Å². The monoisotopic (exact) mass is 413 g/mol. The largest absolute Gasteiger partial charge is 0.474 e. The molecule has 1 aliphatic rings. The molecule has 0 unspecified atom stereocenters. The Kier molecular flexibility index (Phi) is 6.05. The van der Waals surface area contributed by atoms with Crippen LogP contribution >= 0.6 is 0 Å². The molecule has 2 amide bonds. The van der Waals surface area contributed by atoms with Crippen molar-refractivity contribution >= 4 is 6.03 Å². The van der Waals surface area contributed by atoms with Crippen molar-refractivity contribution in [2.24, 2.45) is 0 Å². The normalized spacial score (nSPS) is 16.8. The summed E-state index contributed by atoms with van der Waals surface area (Å²) in [6.07, 6.45) is -10.1. The average Bonchev–Trinajstić information content (AvgIpc) is 2.52. The standard InChI is InChI=1S/C17H21F6N3O2/c1-15(2,3)25-14(27)26-6-4-11(5-7-26)28-13-9-10(16(18,19)20)8-12(24-13)17(21,22)23/h8-9,11H,4-7H2,1-3H3,(H,25,27). The Morgan fingerprint density at radius 3 is 2.11 bits per heavy atom. The molecule has 0 spiro atoms. The van der Waals surface area contributed by atoms with Crippen LogP contribution in [0, 0.1) is 0 Å². The number of urea groups is 1. The maximum atomic E-state index is 12.9. The van der Waals surface area contributed by atoms with Crippen molar-refractivity contribution in [3.05, 3.63) is 23.4 Å². The highest BCUT2D eigenvalue weighted by Crippen LogP contribution is 2.36. The minimum atomic E-state index is -5.03. The number of ether oxygens (including phenoxy) is 1. The summed E-state index contributed by atoms with van der Waals surface area (Å²) in [5, 5.41) is 2.79. The molecule has 0 aliphatic carbocycles. The molecule has 2 heterocycles. The van der Waals surface area contributed by atoms with Crippen LogP contribution in [0.5, 0.6) is 5.88 Å². The summed E-state index contributed by atoms with van der Waals surface area (Å²) in [6.45, 7) is 5.98. The fraction of sp³-hybridized carbons (Fsp3) is 0.647. The summed E-state index contributed by atoms with van der Waals surface area (Å²) in [5.41, 5.74) is -3.58. The van der Waals surface area contributed by atoms with Gasteiger partial charge in [0.15, 0.2) is 0 Å². The number of amides is 2. The first kappa shape index (κ1) is 22.1. The van der Waals surface area contributed by atoms with Crippen LogP contribution in [0.25, 0.3) is 0 Å². The molecule has 0 atom stereocenters. The predicted octanol–water partition coefficient (Wildman–Crippen LogP) is 4.47. The Hall–Kier alpha value is -2.20. The Morgan fingerprint density at radius 2 is 1.64 bits per heavy atom. The van der Waals surface area contributed by atoms with Crippen LogP contribution in [0.15, 0.2) is 12.1 Å². The second-order valence-electron chi connectivity index (χ2n) is 7.56. The molecule has 1 saturated heterocycles. The number of carbonyl (C=O) groups is 1. The summed E-state index contributed by atoms with van der Waals surface area (Å²) < 4.78 is 82.5. The molecule has 28 heavy (non-hydrogen) atoms. The Labute approximate surface area is 158 Å². The lowest BCUT2D eigenvalue weighted by Gasteiger charge is -2.34. The van der Waals surface area contributed by atoms with E-state index in [2.05, 4.69) is 10.3 Å². The van der Waals surface area contributed by atoms with E-state index in [-0.39, 0.29) is 38.0 Å². The number of hydrogen-bond acceptors (Lipinski definition) is 3. The summed E-state index contributed by atoms with van der Waals surface area (Å²) in [6, 6.07) is 0.114. The van der Waals surface area contributed by atoms with Crippen LogP contribution in [0.2, 0.25) is 0 Å². The van der Waals surface area contributed by atoms with E-state index < -0.39 is 41.1 Å². The smallest absolute Gasteiger partial charge is 0.433 e.